The van der Waals surface area contributed by atoms with Crippen LogP contribution in [0.25, 0.3) is 21.9 Å². The fourth-order valence-corrected chi connectivity index (χ4v) is 8.96. The summed E-state index contributed by atoms with van der Waals surface area (Å²) in [6.07, 6.45) is 7.13. The summed E-state index contributed by atoms with van der Waals surface area (Å²) in [4.78, 5) is 0. The quantitative estimate of drug-likeness (QED) is 0.314. The number of nitrogens with one attached hydrogen (secondary N) is 1. The van der Waals surface area contributed by atoms with Crippen LogP contribution in [0.15, 0.2) is 78.9 Å². The van der Waals surface area contributed by atoms with Crippen LogP contribution < -0.4 is 5.32 Å². The van der Waals surface area contributed by atoms with Crippen molar-refractivity contribution in [3.05, 3.63) is 95.0 Å². The fraction of sp³-hybridized carbons (Fsp3) is 0.312. The summed E-state index contributed by atoms with van der Waals surface area (Å²) >= 11 is 6.72. The first-order valence-electron chi connectivity index (χ1n) is 12.9. The molecule has 4 saturated carbocycles. The Morgan fingerprint density at radius 2 is 1.38 bits per heavy atom. The van der Waals surface area contributed by atoms with Crippen molar-refractivity contribution in [2.75, 3.05) is 5.32 Å². The summed E-state index contributed by atoms with van der Waals surface area (Å²) in [6, 6.07) is 29.0. The van der Waals surface area contributed by atoms with Crippen molar-refractivity contribution in [2.45, 2.75) is 37.5 Å². The van der Waals surface area contributed by atoms with Crippen LogP contribution in [-0.4, -0.2) is 0 Å². The first kappa shape index (κ1) is 19.5. The van der Waals surface area contributed by atoms with Crippen molar-refractivity contribution in [1.29, 1.82) is 0 Å². The van der Waals surface area contributed by atoms with Gasteiger partial charge in [0.2, 0.25) is 0 Å². The zero-order valence-electron chi connectivity index (χ0n) is 19.2. The second-order valence-corrected chi connectivity index (χ2v) is 11.7. The molecule has 4 bridgehead atoms. The highest BCUT2D eigenvalue weighted by atomic mass is 35.5. The highest BCUT2D eigenvalue weighted by Crippen LogP contribution is 2.69. The van der Waals surface area contributed by atoms with Crippen molar-refractivity contribution >= 4 is 33.7 Å². The van der Waals surface area contributed by atoms with Crippen LogP contribution >= 0.6 is 11.6 Å². The van der Waals surface area contributed by atoms with Gasteiger partial charge in [-0.05, 0) is 102 Å². The molecular formula is C32H28ClN. The summed E-state index contributed by atoms with van der Waals surface area (Å²) < 4.78 is 0. The molecule has 4 aromatic carbocycles. The smallest absolute Gasteiger partial charge is 0.0653 e. The molecule has 5 aliphatic rings. The SMILES string of the molecule is Clc1ccc2ccccc2c1Nc1ccc2c(c1)C1(c3ccccc3-2)C2CC3CC(C2)CC1C3. The molecule has 0 aromatic heterocycles. The van der Waals surface area contributed by atoms with Gasteiger partial charge in [0.05, 0.1) is 10.7 Å². The third kappa shape index (κ3) is 2.46. The van der Waals surface area contributed by atoms with E-state index in [4.69, 9.17) is 11.6 Å². The van der Waals surface area contributed by atoms with Crippen LogP contribution in [0.2, 0.25) is 5.02 Å². The Morgan fingerprint density at radius 3 is 2.21 bits per heavy atom. The van der Waals surface area contributed by atoms with Crippen molar-refractivity contribution in [3.63, 3.8) is 0 Å². The molecular weight excluding hydrogens is 434 g/mol. The zero-order valence-corrected chi connectivity index (χ0v) is 20.0. The molecule has 0 saturated heterocycles. The van der Waals surface area contributed by atoms with Gasteiger partial charge in [0.15, 0.2) is 0 Å². The maximum Gasteiger partial charge on any atom is 0.0653 e. The van der Waals surface area contributed by atoms with Crippen LogP contribution in [0, 0.1) is 23.7 Å². The van der Waals surface area contributed by atoms with E-state index < -0.39 is 0 Å². The van der Waals surface area contributed by atoms with E-state index in [1.807, 2.05) is 6.07 Å². The van der Waals surface area contributed by atoms with Gasteiger partial charge in [-0.2, -0.15) is 0 Å². The molecule has 2 heteroatoms. The molecule has 1 spiro atoms. The van der Waals surface area contributed by atoms with Gasteiger partial charge in [-0.15, -0.1) is 0 Å². The molecule has 4 aromatic rings. The molecule has 0 aliphatic heterocycles. The zero-order chi connectivity index (χ0) is 22.4. The molecule has 1 N–H and O–H groups in total. The van der Waals surface area contributed by atoms with E-state index in [0.29, 0.717) is 0 Å². The number of hydrogen-bond acceptors (Lipinski definition) is 1. The Balaban J connectivity index is 1.31. The predicted octanol–water partition coefficient (Wildman–Crippen LogP) is 8.96. The Bertz CT molecular complexity index is 1440. The number of anilines is 2. The topological polar surface area (TPSA) is 12.0 Å². The van der Waals surface area contributed by atoms with Gasteiger partial charge in [0.25, 0.3) is 0 Å². The monoisotopic (exact) mass is 461 g/mol. The molecule has 0 atom stereocenters. The standard InChI is InChI=1S/C32H28ClN/c33-30-12-9-21-5-1-2-6-25(21)31(30)34-24-10-11-27-26-7-3-4-8-28(26)32(29(27)18-24)22-14-19-13-20(16-22)17-23(32)15-19/h1-12,18-20,22-23,34H,13-17H2. The van der Waals surface area contributed by atoms with Gasteiger partial charge in [-0.1, -0.05) is 72.3 Å². The minimum absolute atomic E-state index is 0.194. The Kier molecular flexibility index (Phi) is 3.96. The van der Waals surface area contributed by atoms with Gasteiger partial charge in [0, 0.05) is 16.5 Å². The van der Waals surface area contributed by atoms with Gasteiger partial charge in [-0.3, -0.25) is 0 Å². The van der Waals surface area contributed by atoms with E-state index in [1.165, 1.54) is 54.0 Å². The molecule has 34 heavy (non-hydrogen) atoms. The minimum Gasteiger partial charge on any atom is -0.354 e. The van der Waals surface area contributed by atoms with Crippen LogP contribution in [0.5, 0.6) is 0 Å². The van der Waals surface area contributed by atoms with E-state index in [0.717, 1.165) is 40.1 Å². The van der Waals surface area contributed by atoms with E-state index in [9.17, 15) is 0 Å². The summed E-state index contributed by atoms with van der Waals surface area (Å²) in [5.41, 5.74) is 8.47. The Hall–Kier alpha value is -2.77. The van der Waals surface area contributed by atoms with Gasteiger partial charge in [0.1, 0.15) is 0 Å². The van der Waals surface area contributed by atoms with Gasteiger partial charge in [-0.25, -0.2) is 0 Å². The Morgan fingerprint density at radius 1 is 0.676 bits per heavy atom. The lowest BCUT2D eigenvalue weighted by Crippen LogP contribution is -2.55. The second kappa shape index (κ2) is 6.89. The number of fused-ring (bicyclic) bond motifs is 4. The van der Waals surface area contributed by atoms with Crippen molar-refractivity contribution in [2.24, 2.45) is 23.7 Å². The Labute approximate surface area is 206 Å². The molecule has 4 fully saturated rings. The van der Waals surface area contributed by atoms with Crippen LogP contribution in [0.4, 0.5) is 11.4 Å². The van der Waals surface area contributed by atoms with Crippen LogP contribution in [0.3, 0.4) is 0 Å². The number of benzene rings is 4. The molecule has 9 rings (SSSR count). The summed E-state index contributed by atoms with van der Waals surface area (Å²) in [7, 11) is 0. The summed E-state index contributed by atoms with van der Waals surface area (Å²) in [5, 5.41) is 6.89. The summed E-state index contributed by atoms with van der Waals surface area (Å²) in [5.74, 6) is 3.48. The van der Waals surface area contributed by atoms with Crippen LogP contribution in [-0.2, 0) is 5.41 Å². The molecule has 1 nitrogen and oxygen atoms in total. The predicted molar refractivity (Wildman–Crippen MR) is 142 cm³/mol. The maximum atomic E-state index is 6.72. The van der Waals surface area contributed by atoms with Crippen molar-refractivity contribution in [1.82, 2.24) is 0 Å². The molecule has 0 radical (unpaired) electrons. The molecule has 0 amide bonds. The largest absolute Gasteiger partial charge is 0.354 e. The average Bonchev–Trinajstić information content (AvgIpc) is 3.14. The van der Waals surface area contributed by atoms with E-state index >= 15 is 0 Å². The van der Waals surface area contributed by atoms with E-state index in [2.05, 4.69) is 78.1 Å². The first-order valence-corrected chi connectivity index (χ1v) is 13.3. The molecule has 168 valence electrons. The number of hydrogen-bond donors (Lipinski definition) is 1. The van der Waals surface area contributed by atoms with Gasteiger partial charge < -0.3 is 5.32 Å². The lowest BCUT2D eigenvalue weighted by atomic mass is 9.43. The fourth-order valence-electron chi connectivity index (χ4n) is 8.75. The lowest BCUT2D eigenvalue weighted by Gasteiger charge is -2.61. The molecule has 0 heterocycles. The maximum absolute atomic E-state index is 6.72. The highest BCUT2D eigenvalue weighted by molar-refractivity contribution is 6.35. The minimum atomic E-state index is 0.194. The van der Waals surface area contributed by atoms with E-state index in [1.54, 1.807) is 11.1 Å². The van der Waals surface area contributed by atoms with E-state index in [-0.39, 0.29) is 5.41 Å². The third-order valence-corrected chi connectivity index (χ3v) is 10.0. The number of rotatable bonds is 2. The van der Waals surface area contributed by atoms with Gasteiger partial charge >= 0.3 is 0 Å². The molecule has 5 aliphatic carbocycles. The van der Waals surface area contributed by atoms with Crippen LogP contribution in [0.1, 0.15) is 43.2 Å². The van der Waals surface area contributed by atoms with Crippen molar-refractivity contribution in [3.8, 4) is 11.1 Å². The highest BCUT2D eigenvalue weighted by Gasteiger charge is 2.61. The van der Waals surface area contributed by atoms with Crippen molar-refractivity contribution < 1.29 is 0 Å². The lowest BCUT2D eigenvalue weighted by molar-refractivity contribution is -0.0399. The first-order chi connectivity index (χ1) is 16.7. The average molecular weight is 462 g/mol. The summed E-state index contributed by atoms with van der Waals surface area (Å²) in [6.45, 7) is 0. The third-order valence-electron chi connectivity index (χ3n) is 9.70. The number of halogens is 1. The normalized spacial score (nSPS) is 30.0. The molecule has 0 unspecified atom stereocenters. The second-order valence-electron chi connectivity index (χ2n) is 11.2.